The fraction of sp³-hybridized carbons (Fsp3) is 0.318. The van der Waals surface area contributed by atoms with Gasteiger partial charge in [0.2, 0.25) is 11.8 Å². The number of nitrogens with two attached hydrogens (primary N) is 1. The van der Waals surface area contributed by atoms with Gasteiger partial charge in [0.05, 0.1) is 0 Å². The summed E-state index contributed by atoms with van der Waals surface area (Å²) in [6.45, 7) is 3.62. The fourth-order valence-electron chi connectivity index (χ4n) is 2.83. The number of carbonyl (C=O) groups excluding carboxylic acids is 3. The van der Waals surface area contributed by atoms with Crippen LogP contribution >= 0.6 is 27.5 Å². The molecule has 31 heavy (non-hydrogen) atoms. The lowest BCUT2D eigenvalue weighted by Gasteiger charge is -2.24. The van der Waals surface area contributed by atoms with Gasteiger partial charge in [-0.3, -0.25) is 9.59 Å². The summed E-state index contributed by atoms with van der Waals surface area (Å²) in [4.78, 5) is 37.0. The number of hydrogen-bond acceptors (Lipinski definition) is 4. The molecule has 2 aromatic carbocycles. The highest BCUT2D eigenvalue weighted by Crippen LogP contribution is 2.22. The van der Waals surface area contributed by atoms with E-state index in [4.69, 9.17) is 22.1 Å². The van der Waals surface area contributed by atoms with Crippen LogP contribution < -0.4 is 16.4 Å². The zero-order valence-corrected chi connectivity index (χ0v) is 19.6. The van der Waals surface area contributed by atoms with Crippen LogP contribution in [0.4, 0.5) is 4.79 Å². The average molecular weight is 511 g/mol. The van der Waals surface area contributed by atoms with E-state index < -0.39 is 30.0 Å². The molecule has 0 aliphatic rings. The summed E-state index contributed by atoms with van der Waals surface area (Å²) in [5, 5.41) is 5.68. The number of ether oxygens (including phenoxy) is 1. The van der Waals surface area contributed by atoms with Crippen molar-refractivity contribution < 1.29 is 19.1 Å². The molecule has 3 amide bonds. The van der Waals surface area contributed by atoms with Crippen LogP contribution in [0.3, 0.4) is 0 Å². The maximum Gasteiger partial charge on any atom is 0.408 e. The minimum Gasteiger partial charge on any atom is -0.445 e. The molecule has 0 aliphatic heterocycles. The number of primary amides is 1. The number of nitrogens with one attached hydrogen (secondary N) is 2. The Labute approximate surface area is 194 Å². The van der Waals surface area contributed by atoms with Crippen molar-refractivity contribution in [1.29, 1.82) is 0 Å². The topological polar surface area (TPSA) is 111 Å². The normalized spacial score (nSPS) is 12.7. The van der Waals surface area contributed by atoms with E-state index in [0.29, 0.717) is 10.6 Å². The summed E-state index contributed by atoms with van der Waals surface area (Å²) < 4.78 is 5.93. The Balaban J connectivity index is 2.02. The number of benzene rings is 2. The third-order valence-electron chi connectivity index (χ3n) is 4.53. The van der Waals surface area contributed by atoms with Gasteiger partial charge in [0.25, 0.3) is 0 Å². The van der Waals surface area contributed by atoms with E-state index in [9.17, 15) is 14.4 Å². The fourth-order valence-corrected chi connectivity index (χ4v) is 3.43. The second-order valence-electron chi connectivity index (χ2n) is 7.33. The summed E-state index contributed by atoms with van der Waals surface area (Å²) >= 11 is 9.42. The van der Waals surface area contributed by atoms with Crippen molar-refractivity contribution in [2.24, 2.45) is 11.7 Å². The first kappa shape index (κ1) is 24.7. The molecule has 2 rings (SSSR count). The summed E-state index contributed by atoms with van der Waals surface area (Å²) in [7, 11) is 0. The molecule has 0 aromatic heterocycles. The average Bonchev–Trinajstić information content (AvgIpc) is 2.72. The molecule has 0 unspecified atom stereocenters. The quantitative estimate of drug-likeness (QED) is 0.479. The lowest BCUT2D eigenvalue weighted by molar-refractivity contribution is -0.129. The highest BCUT2D eigenvalue weighted by molar-refractivity contribution is 9.10. The Kier molecular flexibility index (Phi) is 9.33. The molecule has 2 aromatic rings. The van der Waals surface area contributed by atoms with Crippen molar-refractivity contribution in [2.75, 3.05) is 0 Å². The Morgan fingerprint density at radius 2 is 1.77 bits per heavy atom. The predicted molar refractivity (Wildman–Crippen MR) is 122 cm³/mol. The Morgan fingerprint density at radius 3 is 2.39 bits per heavy atom. The van der Waals surface area contributed by atoms with E-state index in [0.717, 1.165) is 10.0 Å². The van der Waals surface area contributed by atoms with Crippen LogP contribution in [0, 0.1) is 5.92 Å². The Morgan fingerprint density at radius 1 is 1.10 bits per heavy atom. The van der Waals surface area contributed by atoms with Crippen molar-refractivity contribution in [3.05, 3.63) is 69.2 Å². The molecular weight excluding hydrogens is 486 g/mol. The molecule has 0 saturated heterocycles. The highest BCUT2D eigenvalue weighted by atomic mass is 79.9. The van der Waals surface area contributed by atoms with Crippen LogP contribution in [0.2, 0.25) is 5.02 Å². The molecule has 9 heteroatoms. The third-order valence-corrected chi connectivity index (χ3v) is 5.54. The summed E-state index contributed by atoms with van der Waals surface area (Å²) in [6.07, 6.45) is -0.586. The lowest BCUT2D eigenvalue weighted by atomic mass is 10.0. The molecule has 7 nitrogen and oxygen atoms in total. The van der Waals surface area contributed by atoms with Gasteiger partial charge in [-0.15, -0.1) is 0 Å². The first-order valence-corrected chi connectivity index (χ1v) is 10.8. The molecule has 0 spiro atoms. The van der Waals surface area contributed by atoms with Crippen LogP contribution in [-0.4, -0.2) is 30.0 Å². The standard InChI is InChI=1S/C22H25BrClN3O4/c1-13(2)19(27-22(30)31-12-14-6-4-3-5-7-14)21(29)26-18(20(25)28)11-15-10-16(24)8-9-17(15)23/h3-10,13,18-19H,11-12H2,1-2H3,(H2,25,28)(H,26,29)(H,27,30)/t18-,19-/m0/s1. The monoisotopic (exact) mass is 509 g/mol. The smallest absolute Gasteiger partial charge is 0.408 e. The Hall–Kier alpha value is -2.58. The second-order valence-corrected chi connectivity index (χ2v) is 8.62. The minimum absolute atomic E-state index is 0.0752. The first-order valence-electron chi connectivity index (χ1n) is 9.68. The van der Waals surface area contributed by atoms with Crippen molar-refractivity contribution >= 4 is 45.4 Å². The van der Waals surface area contributed by atoms with E-state index in [1.807, 2.05) is 30.3 Å². The summed E-state index contributed by atoms with van der Waals surface area (Å²) in [6, 6.07) is 12.4. The van der Waals surface area contributed by atoms with Crippen LogP contribution in [0.1, 0.15) is 25.0 Å². The van der Waals surface area contributed by atoms with Gasteiger partial charge in [-0.2, -0.15) is 0 Å². The van der Waals surface area contributed by atoms with Gasteiger partial charge in [-0.1, -0.05) is 71.7 Å². The van der Waals surface area contributed by atoms with Gasteiger partial charge in [-0.05, 0) is 35.2 Å². The molecular formula is C22H25BrClN3O4. The van der Waals surface area contributed by atoms with Gasteiger partial charge in [0.1, 0.15) is 18.7 Å². The van der Waals surface area contributed by atoms with Gasteiger partial charge >= 0.3 is 6.09 Å². The van der Waals surface area contributed by atoms with E-state index in [-0.39, 0.29) is 18.9 Å². The largest absolute Gasteiger partial charge is 0.445 e. The van der Waals surface area contributed by atoms with E-state index >= 15 is 0 Å². The number of amides is 3. The first-order chi connectivity index (χ1) is 14.7. The van der Waals surface area contributed by atoms with Crippen LogP contribution in [0.15, 0.2) is 53.0 Å². The maximum atomic E-state index is 12.8. The molecule has 166 valence electrons. The molecule has 0 radical (unpaired) electrons. The van der Waals surface area contributed by atoms with Gasteiger partial charge < -0.3 is 21.1 Å². The van der Waals surface area contributed by atoms with Crippen LogP contribution in [-0.2, 0) is 27.4 Å². The lowest BCUT2D eigenvalue weighted by Crippen LogP contribution is -2.55. The molecule has 0 bridgehead atoms. The van der Waals surface area contributed by atoms with E-state index in [1.54, 1.807) is 32.0 Å². The number of halogens is 2. The van der Waals surface area contributed by atoms with Crippen LogP contribution in [0.25, 0.3) is 0 Å². The molecule has 0 saturated carbocycles. The Bertz CT molecular complexity index is 924. The number of carbonyl (C=O) groups is 3. The van der Waals surface area contributed by atoms with Gasteiger partial charge in [0, 0.05) is 15.9 Å². The molecule has 0 aliphatic carbocycles. The molecule has 4 N–H and O–H groups in total. The SMILES string of the molecule is CC(C)[C@H](NC(=O)OCc1ccccc1)C(=O)N[C@@H](Cc1cc(Cl)ccc1Br)C(N)=O. The van der Waals surface area contributed by atoms with Crippen molar-refractivity contribution in [2.45, 2.75) is 39.0 Å². The molecule has 0 fully saturated rings. The van der Waals surface area contributed by atoms with Gasteiger partial charge in [-0.25, -0.2) is 4.79 Å². The third kappa shape index (κ3) is 7.88. The molecule has 0 heterocycles. The maximum absolute atomic E-state index is 12.8. The second kappa shape index (κ2) is 11.7. The number of hydrogen-bond donors (Lipinski definition) is 3. The van der Waals surface area contributed by atoms with Crippen molar-refractivity contribution in [3.8, 4) is 0 Å². The summed E-state index contributed by atoms with van der Waals surface area (Å²) in [5.74, 6) is -1.49. The summed E-state index contributed by atoms with van der Waals surface area (Å²) in [5.41, 5.74) is 7.04. The number of rotatable bonds is 9. The van der Waals surface area contributed by atoms with E-state index in [2.05, 4.69) is 26.6 Å². The van der Waals surface area contributed by atoms with Crippen molar-refractivity contribution in [1.82, 2.24) is 10.6 Å². The highest BCUT2D eigenvalue weighted by Gasteiger charge is 2.29. The van der Waals surface area contributed by atoms with Crippen molar-refractivity contribution in [3.63, 3.8) is 0 Å². The minimum atomic E-state index is -0.981. The predicted octanol–water partition coefficient (Wildman–Crippen LogP) is 3.57. The van der Waals surface area contributed by atoms with Crippen LogP contribution in [0.5, 0.6) is 0 Å². The zero-order valence-electron chi connectivity index (χ0n) is 17.2. The van der Waals surface area contributed by atoms with E-state index in [1.165, 1.54) is 0 Å². The number of alkyl carbamates (subject to hydrolysis) is 1. The van der Waals surface area contributed by atoms with Gasteiger partial charge in [0.15, 0.2) is 0 Å². The zero-order chi connectivity index (χ0) is 23.0. The molecule has 2 atom stereocenters.